The van der Waals surface area contributed by atoms with Crippen LogP contribution in [0.5, 0.6) is 5.75 Å². The molecular formula is C14H23NO. The summed E-state index contributed by atoms with van der Waals surface area (Å²) in [6.45, 7) is 6.43. The zero-order valence-corrected chi connectivity index (χ0v) is 11.1. The van der Waals surface area contributed by atoms with Crippen LogP contribution in [0.1, 0.15) is 32.3 Å². The summed E-state index contributed by atoms with van der Waals surface area (Å²) in [5.41, 5.74) is 2.39. The molecule has 1 rings (SSSR count). The summed E-state index contributed by atoms with van der Waals surface area (Å²) in [6.07, 6.45) is 2.45. The summed E-state index contributed by atoms with van der Waals surface area (Å²) in [5.74, 6) is 1.01. The number of ether oxygens (including phenoxy) is 1. The van der Waals surface area contributed by atoms with Crippen LogP contribution in [-0.4, -0.2) is 20.2 Å². The van der Waals surface area contributed by atoms with E-state index in [9.17, 15) is 0 Å². The van der Waals surface area contributed by atoms with Gasteiger partial charge in [0.05, 0.1) is 6.10 Å². The zero-order chi connectivity index (χ0) is 12.1. The van der Waals surface area contributed by atoms with Crippen LogP contribution in [0.25, 0.3) is 0 Å². The highest BCUT2D eigenvalue weighted by Crippen LogP contribution is 2.26. The number of benzene rings is 1. The molecule has 0 aliphatic heterocycles. The highest BCUT2D eigenvalue weighted by molar-refractivity contribution is 5.52. The molecule has 2 nitrogen and oxygen atoms in total. The van der Waals surface area contributed by atoms with E-state index in [2.05, 4.69) is 43.9 Å². The number of hydrogen-bond acceptors (Lipinski definition) is 2. The predicted octanol–water partition coefficient (Wildman–Crippen LogP) is 3.63. The second kappa shape index (κ2) is 5.78. The van der Waals surface area contributed by atoms with Gasteiger partial charge in [0.25, 0.3) is 0 Å². The van der Waals surface area contributed by atoms with Crippen LogP contribution in [-0.2, 0) is 0 Å². The molecule has 0 atom stereocenters. The molecule has 0 aliphatic carbocycles. The summed E-state index contributed by atoms with van der Waals surface area (Å²) in [5, 5.41) is 0. The standard InChI is InChI=1S/C14H23NO/c1-6-13(7-2)16-14-10-12(15(4)5)9-8-11(14)3/h8-10,13H,6-7H2,1-5H3. The Bertz CT molecular complexity index is 330. The molecular weight excluding hydrogens is 198 g/mol. The molecule has 16 heavy (non-hydrogen) atoms. The first-order chi connectivity index (χ1) is 7.58. The topological polar surface area (TPSA) is 12.5 Å². The Balaban J connectivity index is 2.89. The van der Waals surface area contributed by atoms with Crippen LogP contribution < -0.4 is 9.64 Å². The molecule has 0 fully saturated rings. The van der Waals surface area contributed by atoms with Gasteiger partial charge in [0.2, 0.25) is 0 Å². The molecule has 0 aliphatic rings. The van der Waals surface area contributed by atoms with Crippen molar-refractivity contribution >= 4 is 5.69 Å². The largest absolute Gasteiger partial charge is 0.490 e. The lowest BCUT2D eigenvalue weighted by Crippen LogP contribution is -2.15. The van der Waals surface area contributed by atoms with E-state index in [0.29, 0.717) is 6.10 Å². The molecule has 0 spiro atoms. The quantitative estimate of drug-likeness (QED) is 0.753. The third-order valence-corrected chi connectivity index (χ3v) is 2.89. The number of anilines is 1. The molecule has 0 aromatic heterocycles. The minimum atomic E-state index is 0.330. The Morgan fingerprint density at radius 2 is 1.81 bits per heavy atom. The third-order valence-electron chi connectivity index (χ3n) is 2.89. The van der Waals surface area contributed by atoms with Gasteiger partial charge in [-0.05, 0) is 31.4 Å². The van der Waals surface area contributed by atoms with Crippen molar-refractivity contribution in [3.8, 4) is 5.75 Å². The average Bonchev–Trinajstić information content (AvgIpc) is 2.27. The van der Waals surface area contributed by atoms with Crippen LogP contribution in [0, 0.1) is 6.92 Å². The van der Waals surface area contributed by atoms with Crippen LogP contribution in [0.15, 0.2) is 18.2 Å². The van der Waals surface area contributed by atoms with Gasteiger partial charge in [-0.2, -0.15) is 0 Å². The van der Waals surface area contributed by atoms with Gasteiger partial charge in [-0.25, -0.2) is 0 Å². The highest BCUT2D eigenvalue weighted by atomic mass is 16.5. The Morgan fingerprint density at radius 3 is 2.31 bits per heavy atom. The highest BCUT2D eigenvalue weighted by Gasteiger charge is 2.08. The second-order valence-electron chi connectivity index (χ2n) is 4.40. The normalized spacial score (nSPS) is 10.6. The lowest BCUT2D eigenvalue weighted by molar-refractivity contribution is 0.191. The second-order valence-corrected chi connectivity index (χ2v) is 4.40. The van der Waals surface area contributed by atoms with Crippen molar-refractivity contribution in [3.63, 3.8) is 0 Å². The lowest BCUT2D eigenvalue weighted by atomic mass is 10.1. The molecule has 0 unspecified atom stereocenters. The maximum Gasteiger partial charge on any atom is 0.124 e. The van der Waals surface area contributed by atoms with Crippen molar-refractivity contribution in [3.05, 3.63) is 23.8 Å². The Kier molecular flexibility index (Phi) is 4.66. The molecule has 0 heterocycles. The fourth-order valence-electron chi connectivity index (χ4n) is 1.63. The van der Waals surface area contributed by atoms with Crippen molar-refractivity contribution in [1.82, 2.24) is 0 Å². The Labute approximate surface area is 99.2 Å². The van der Waals surface area contributed by atoms with E-state index in [1.807, 2.05) is 14.1 Å². The van der Waals surface area contributed by atoms with Crippen LogP contribution >= 0.6 is 0 Å². The van der Waals surface area contributed by atoms with Gasteiger partial charge in [-0.1, -0.05) is 19.9 Å². The summed E-state index contributed by atoms with van der Waals surface area (Å²) in [4.78, 5) is 2.10. The first-order valence-electron chi connectivity index (χ1n) is 6.03. The predicted molar refractivity (Wildman–Crippen MR) is 70.5 cm³/mol. The van der Waals surface area contributed by atoms with E-state index < -0.39 is 0 Å². The number of rotatable bonds is 5. The number of aryl methyl sites for hydroxylation is 1. The molecule has 0 amide bonds. The molecule has 1 aromatic rings. The summed E-state index contributed by atoms with van der Waals surface area (Å²) < 4.78 is 6.01. The van der Waals surface area contributed by atoms with Crippen molar-refractivity contribution in [2.45, 2.75) is 39.7 Å². The summed E-state index contributed by atoms with van der Waals surface area (Å²) in [7, 11) is 4.09. The van der Waals surface area contributed by atoms with Crippen LogP contribution in [0.2, 0.25) is 0 Å². The maximum atomic E-state index is 6.01. The maximum absolute atomic E-state index is 6.01. The lowest BCUT2D eigenvalue weighted by Gasteiger charge is -2.20. The fourth-order valence-corrected chi connectivity index (χ4v) is 1.63. The monoisotopic (exact) mass is 221 g/mol. The Hall–Kier alpha value is -1.18. The van der Waals surface area contributed by atoms with E-state index >= 15 is 0 Å². The van der Waals surface area contributed by atoms with E-state index in [-0.39, 0.29) is 0 Å². The van der Waals surface area contributed by atoms with Gasteiger partial charge >= 0.3 is 0 Å². The summed E-state index contributed by atoms with van der Waals surface area (Å²) >= 11 is 0. The molecule has 90 valence electrons. The average molecular weight is 221 g/mol. The van der Waals surface area contributed by atoms with Gasteiger partial charge in [0.15, 0.2) is 0 Å². The van der Waals surface area contributed by atoms with Crippen molar-refractivity contribution in [2.24, 2.45) is 0 Å². The van der Waals surface area contributed by atoms with E-state index in [4.69, 9.17) is 4.74 Å². The van der Waals surface area contributed by atoms with Crippen LogP contribution in [0.4, 0.5) is 5.69 Å². The molecule has 0 bridgehead atoms. The first kappa shape index (κ1) is 12.9. The van der Waals surface area contributed by atoms with Gasteiger partial charge in [-0.15, -0.1) is 0 Å². The van der Waals surface area contributed by atoms with Gasteiger partial charge < -0.3 is 9.64 Å². The van der Waals surface area contributed by atoms with Crippen LogP contribution in [0.3, 0.4) is 0 Å². The van der Waals surface area contributed by atoms with Crippen molar-refractivity contribution < 1.29 is 4.74 Å². The summed E-state index contributed by atoms with van der Waals surface area (Å²) in [6, 6.07) is 6.36. The first-order valence-corrected chi connectivity index (χ1v) is 6.03. The zero-order valence-electron chi connectivity index (χ0n) is 11.1. The van der Waals surface area contributed by atoms with Crippen molar-refractivity contribution in [1.29, 1.82) is 0 Å². The smallest absolute Gasteiger partial charge is 0.124 e. The SMILES string of the molecule is CCC(CC)Oc1cc(N(C)C)ccc1C. The van der Waals surface area contributed by atoms with E-state index in [1.165, 1.54) is 11.3 Å². The number of hydrogen-bond donors (Lipinski definition) is 0. The molecule has 0 saturated carbocycles. The third kappa shape index (κ3) is 3.16. The number of nitrogens with zero attached hydrogens (tertiary/aromatic N) is 1. The molecule has 2 heteroatoms. The van der Waals surface area contributed by atoms with Gasteiger partial charge in [0, 0.05) is 25.8 Å². The fraction of sp³-hybridized carbons (Fsp3) is 0.571. The molecule has 0 N–H and O–H groups in total. The Morgan fingerprint density at radius 1 is 1.19 bits per heavy atom. The minimum absolute atomic E-state index is 0.330. The molecule has 1 aromatic carbocycles. The molecule has 0 saturated heterocycles. The molecule has 0 radical (unpaired) electrons. The van der Waals surface area contributed by atoms with Gasteiger partial charge in [-0.3, -0.25) is 0 Å². The van der Waals surface area contributed by atoms with E-state index in [0.717, 1.165) is 18.6 Å². The van der Waals surface area contributed by atoms with Gasteiger partial charge in [0.1, 0.15) is 5.75 Å². The van der Waals surface area contributed by atoms with E-state index in [1.54, 1.807) is 0 Å². The minimum Gasteiger partial charge on any atom is -0.490 e. The van der Waals surface area contributed by atoms with Crippen molar-refractivity contribution in [2.75, 3.05) is 19.0 Å².